The monoisotopic (exact) mass is 625 g/mol. The molecule has 0 bridgehead atoms. The smallest absolute Gasteiger partial charge is 0.274 e. The number of amides is 1. The number of benzene rings is 2. The minimum Gasteiger partial charge on any atom is -0.495 e. The van der Waals surface area contributed by atoms with Crippen LogP contribution in [0.25, 0.3) is 0 Å². The molecule has 1 saturated heterocycles. The molecule has 4 rings (SSSR count). The summed E-state index contributed by atoms with van der Waals surface area (Å²) >= 11 is 20.6. The summed E-state index contributed by atoms with van der Waals surface area (Å²) in [5.41, 5.74) is 1.91. The van der Waals surface area contributed by atoms with Crippen LogP contribution in [0.2, 0.25) is 0 Å². The maximum Gasteiger partial charge on any atom is 0.274 e. The van der Waals surface area contributed by atoms with Crippen molar-refractivity contribution >= 4 is 78.0 Å². The van der Waals surface area contributed by atoms with Crippen LogP contribution in [0.15, 0.2) is 39.7 Å². The van der Waals surface area contributed by atoms with Crippen molar-refractivity contribution in [2.75, 3.05) is 49.5 Å². The van der Waals surface area contributed by atoms with Crippen molar-refractivity contribution in [1.82, 2.24) is 4.90 Å². The molecule has 1 N–H and O–H groups in total. The molecule has 2 aromatic carbocycles. The number of nitrogens with one attached hydrogen (secondary N) is 1. The fourth-order valence-electron chi connectivity index (χ4n) is 4.14. The Kier molecular flexibility index (Phi) is 7.88. The highest BCUT2D eigenvalue weighted by molar-refractivity contribution is 9.10. The molecule has 2 aliphatic rings. The zero-order valence-corrected chi connectivity index (χ0v) is 23.4. The minimum atomic E-state index is -3.94. The van der Waals surface area contributed by atoms with E-state index in [-0.39, 0.29) is 4.90 Å². The lowest BCUT2D eigenvalue weighted by Gasteiger charge is -2.37. The number of anilines is 2. The number of sulfonamides is 1. The number of fused-ring (bicyclic) bond motifs is 1. The highest BCUT2D eigenvalue weighted by Gasteiger charge is 2.37. The fourth-order valence-corrected chi connectivity index (χ4v) is 6.07. The van der Waals surface area contributed by atoms with Gasteiger partial charge in [-0.1, -0.05) is 50.7 Å². The second kappa shape index (κ2) is 10.4. The van der Waals surface area contributed by atoms with E-state index >= 15 is 0 Å². The van der Waals surface area contributed by atoms with Gasteiger partial charge >= 0.3 is 0 Å². The van der Waals surface area contributed by atoms with Gasteiger partial charge in [0, 0.05) is 30.7 Å². The normalized spacial score (nSPS) is 16.4. The maximum atomic E-state index is 13.3. The van der Waals surface area contributed by atoms with Gasteiger partial charge in [0.05, 0.1) is 30.0 Å². The summed E-state index contributed by atoms with van der Waals surface area (Å²) < 4.78 is 39.3. The number of carbonyl (C=O) groups excluding carboxylic acids is 1. The van der Waals surface area contributed by atoms with Crippen molar-refractivity contribution in [3.05, 3.63) is 40.4 Å². The third-order valence-electron chi connectivity index (χ3n) is 5.82. The van der Waals surface area contributed by atoms with Gasteiger partial charge in [-0.2, -0.15) is 0 Å². The lowest BCUT2D eigenvalue weighted by Crippen LogP contribution is -2.51. The standard InChI is InChI=1S/C22H23BrCl3N3O5S/c1-33-19-5-4-16(13-18(19)28-6-8-29(9-7-28)21(30)22(24,25)26)35(31,32)27-17-12-15(23)11-14-3-2-10-34-20(14)17/h4-5,11-13,27H,2-3,6-10H2,1H3. The zero-order valence-electron chi connectivity index (χ0n) is 18.7. The van der Waals surface area contributed by atoms with Crippen molar-refractivity contribution in [1.29, 1.82) is 0 Å². The summed E-state index contributed by atoms with van der Waals surface area (Å²) in [4.78, 5) is 15.7. The Morgan fingerprint density at radius 2 is 1.86 bits per heavy atom. The number of methoxy groups -OCH3 is 1. The van der Waals surface area contributed by atoms with Crippen LogP contribution in [0.1, 0.15) is 12.0 Å². The molecule has 1 amide bonds. The van der Waals surface area contributed by atoms with Gasteiger partial charge in [-0.15, -0.1) is 0 Å². The van der Waals surface area contributed by atoms with Crippen LogP contribution in [0.4, 0.5) is 11.4 Å². The molecule has 0 spiro atoms. The molecule has 0 aromatic heterocycles. The molecule has 0 radical (unpaired) electrons. The first kappa shape index (κ1) is 26.5. The van der Waals surface area contributed by atoms with Gasteiger partial charge in [0.25, 0.3) is 19.7 Å². The van der Waals surface area contributed by atoms with Gasteiger partial charge in [0.1, 0.15) is 11.5 Å². The van der Waals surface area contributed by atoms with E-state index in [1.807, 2.05) is 11.0 Å². The first-order valence-electron chi connectivity index (χ1n) is 10.8. The van der Waals surface area contributed by atoms with E-state index in [4.69, 9.17) is 44.3 Å². The molecule has 8 nitrogen and oxygen atoms in total. The van der Waals surface area contributed by atoms with Gasteiger partial charge in [0.15, 0.2) is 0 Å². The second-order valence-electron chi connectivity index (χ2n) is 8.11. The molecule has 0 unspecified atom stereocenters. The zero-order chi connectivity index (χ0) is 25.4. The molecule has 1 fully saturated rings. The van der Waals surface area contributed by atoms with Crippen molar-refractivity contribution < 1.29 is 22.7 Å². The highest BCUT2D eigenvalue weighted by Crippen LogP contribution is 2.38. The third kappa shape index (κ3) is 5.88. The summed E-state index contributed by atoms with van der Waals surface area (Å²) in [6.07, 6.45) is 1.68. The number of hydrogen-bond donors (Lipinski definition) is 1. The molecular weight excluding hydrogens is 605 g/mol. The van der Waals surface area contributed by atoms with Crippen molar-refractivity contribution in [2.45, 2.75) is 21.5 Å². The predicted molar refractivity (Wildman–Crippen MR) is 141 cm³/mol. The quantitative estimate of drug-likeness (QED) is 0.488. The van der Waals surface area contributed by atoms with E-state index < -0.39 is 19.7 Å². The van der Waals surface area contributed by atoms with Crippen LogP contribution in [0.3, 0.4) is 0 Å². The van der Waals surface area contributed by atoms with Crippen LogP contribution in [-0.4, -0.2) is 62.9 Å². The van der Waals surface area contributed by atoms with E-state index in [0.717, 1.165) is 22.9 Å². The molecule has 2 aliphatic heterocycles. The largest absolute Gasteiger partial charge is 0.495 e. The molecule has 0 saturated carbocycles. The lowest BCUT2D eigenvalue weighted by molar-refractivity contribution is -0.130. The van der Waals surface area contributed by atoms with Gasteiger partial charge < -0.3 is 19.3 Å². The highest BCUT2D eigenvalue weighted by atomic mass is 79.9. The van der Waals surface area contributed by atoms with Crippen LogP contribution < -0.4 is 19.1 Å². The number of rotatable bonds is 5. The summed E-state index contributed by atoms with van der Waals surface area (Å²) in [5.74, 6) is 0.467. The average molecular weight is 628 g/mol. The van der Waals surface area contributed by atoms with Crippen LogP contribution in [0, 0.1) is 0 Å². The summed E-state index contributed by atoms with van der Waals surface area (Å²) in [6, 6.07) is 8.27. The van der Waals surface area contributed by atoms with Crippen LogP contribution in [0.5, 0.6) is 11.5 Å². The molecule has 0 aliphatic carbocycles. The van der Waals surface area contributed by atoms with Crippen molar-refractivity contribution in [2.24, 2.45) is 0 Å². The first-order valence-corrected chi connectivity index (χ1v) is 14.2. The summed E-state index contributed by atoms with van der Waals surface area (Å²) in [7, 11) is -2.43. The number of halogens is 4. The molecule has 2 aromatic rings. The van der Waals surface area contributed by atoms with E-state index in [1.165, 1.54) is 18.1 Å². The average Bonchev–Trinajstić information content (AvgIpc) is 2.82. The molecule has 13 heteroatoms. The lowest BCUT2D eigenvalue weighted by atomic mass is 10.1. The predicted octanol–water partition coefficient (Wildman–Crippen LogP) is 4.60. The second-order valence-corrected chi connectivity index (χ2v) is 13.0. The number of alkyl halides is 3. The Bertz CT molecular complexity index is 1230. The topological polar surface area (TPSA) is 88.2 Å². The maximum absolute atomic E-state index is 13.3. The van der Waals surface area contributed by atoms with E-state index in [9.17, 15) is 13.2 Å². The van der Waals surface area contributed by atoms with Gasteiger partial charge in [-0.3, -0.25) is 9.52 Å². The molecule has 190 valence electrons. The third-order valence-corrected chi connectivity index (χ3v) is 8.13. The fraction of sp³-hybridized carbons (Fsp3) is 0.409. The van der Waals surface area contributed by atoms with Gasteiger partial charge in [0.2, 0.25) is 0 Å². The number of nitrogens with zero attached hydrogens (tertiary/aromatic N) is 2. The number of ether oxygens (including phenoxy) is 2. The first-order chi connectivity index (χ1) is 16.5. The van der Waals surface area contributed by atoms with E-state index in [1.54, 1.807) is 18.2 Å². The SMILES string of the molecule is COc1ccc(S(=O)(=O)Nc2cc(Br)cc3c2OCCC3)cc1N1CCN(C(=O)C(Cl)(Cl)Cl)CC1. The Morgan fingerprint density at radius 1 is 1.14 bits per heavy atom. The van der Waals surface area contributed by atoms with E-state index in [2.05, 4.69) is 20.7 Å². The molecule has 2 heterocycles. The molecular formula is C22H23BrCl3N3O5S. The number of carbonyl (C=O) groups is 1. The summed E-state index contributed by atoms with van der Waals surface area (Å²) in [5, 5.41) is 0. The molecule has 35 heavy (non-hydrogen) atoms. The van der Waals surface area contributed by atoms with Crippen molar-refractivity contribution in [3.63, 3.8) is 0 Å². The summed E-state index contributed by atoms with van der Waals surface area (Å²) in [6.45, 7) is 1.97. The van der Waals surface area contributed by atoms with Crippen LogP contribution >= 0.6 is 50.7 Å². The van der Waals surface area contributed by atoms with Crippen LogP contribution in [-0.2, 0) is 21.2 Å². The van der Waals surface area contributed by atoms with E-state index in [0.29, 0.717) is 55.7 Å². The Balaban J connectivity index is 1.59. The number of aryl methyl sites for hydroxylation is 1. The Hall–Kier alpha value is -1.59. The molecule has 0 atom stereocenters. The van der Waals surface area contributed by atoms with Crippen molar-refractivity contribution in [3.8, 4) is 11.5 Å². The van der Waals surface area contributed by atoms with Gasteiger partial charge in [-0.05, 0) is 48.7 Å². The number of piperazine rings is 1. The van der Waals surface area contributed by atoms with Gasteiger partial charge in [-0.25, -0.2) is 8.42 Å². The number of hydrogen-bond acceptors (Lipinski definition) is 6. The Morgan fingerprint density at radius 3 is 2.51 bits per heavy atom. The minimum absolute atomic E-state index is 0.0673. The Labute approximate surface area is 227 Å².